The molecule has 10 unspecified atom stereocenters. The Kier molecular flexibility index (Phi) is 25.8. The van der Waals surface area contributed by atoms with E-state index in [0.717, 1.165) is 58.4 Å². The summed E-state index contributed by atoms with van der Waals surface area (Å²) in [6.45, 7) is 52.7. The average molecular weight is 961 g/mol. The zero-order valence-corrected chi connectivity index (χ0v) is 48.7. The van der Waals surface area contributed by atoms with Gasteiger partial charge in [-0.1, -0.05) is 158 Å². The molecule has 328 valence electrons. The van der Waals surface area contributed by atoms with E-state index in [4.69, 9.17) is 47.2 Å². The quantitative estimate of drug-likeness (QED) is 0.187. The van der Waals surface area contributed by atoms with E-state index in [1.807, 2.05) is 0 Å². The Morgan fingerprint density at radius 3 is 1.00 bits per heavy atom. The molecule has 4 rings (SSSR count). The number of allylic oxidation sites excluding steroid dienone is 8. The summed E-state index contributed by atoms with van der Waals surface area (Å²) in [5.74, 6) is 6.00. The topological polar surface area (TPSA) is 28.2 Å². The maximum absolute atomic E-state index is 5.64. The number of fused-ring (bicyclic) bond motifs is 2. The molecule has 0 aromatic carbocycles. The van der Waals surface area contributed by atoms with Gasteiger partial charge in [0.25, 0.3) is 0 Å². The number of hydrogen-bond donors (Lipinski definition) is 0. The molecule has 4 aliphatic rings. The van der Waals surface area contributed by atoms with Gasteiger partial charge in [0, 0.05) is 0 Å². The van der Waals surface area contributed by atoms with E-state index in [9.17, 15) is 0 Å². The van der Waals surface area contributed by atoms with E-state index >= 15 is 0 Å². The van der Waals surface area contributed by atoms with Crippen LogP contribution in [-0.2, 0) is 34.1 Å². The van der Waals surface area contributed by atoms with Crippen LogP contribution in [0.3, 0.4) is 0 Å². The second kappa shape index (κ2) is 24.1. The number of hydrogen-bond acceptors (Lipinski definition) is 0. The van der Waals surface area contributed by atoms with E-state index in [1.54, 1.807) is 44.6 Å². The van der Waals surface area contributed by atoms with Crippen LogP contribution >= 0.6 is 37.2 Å². The van der Waals surface area contributed by atoms with Crippen molar-refractivity contribution in [2.45, 2.75) is 186 Å². The predicted octanol–water partition coefficient (Wildman–Crippen LogP) is 18.3. The van der Waals surface area contributed by atoms with E-state index in [0.29, 0.717) is 0 Å². The Morgan fingerprint density at radius 2 is 0.732 bits per heavy atom. The summed E-state index contributed by atoms with van der Waals surface area (Å²) in [5, 5.41) is 0. The zero-order chi connectivity index (χ0) is 42.6. The summed E-state index contributed by atoms with van der Waals surface area (Å²) < 4.78 is 0. The standard InChI is InChI=1S/C23H42NSi.C21H38NSi.2CH3.4ClH.2Ti/c1-12-25(13-2,24-23(9,10)11)22-19(8)18(7)20-16(5)14(3)15(4)17(6)21(20)22;1-12-13(2)15(4)19-18(14(12)3)16(5)17(6)20(19)23(10,11)22-21(7,8)9;;;;;;;;/h18-22H,12-13H2,1-11H3;16-20H,1-11H3;2*1H3;4*1H;;/q4*-1;;;;;2*+2/p-4. The van der Waals surface area contributed by atoms with Crippen molar-refractivity contribution in [1.29, 1.82) is 0 Å². The van der Waals surface area contributed by atoms with E-state index < -0.39 is 50.5 Å². The van der Waals surface area contributed by atoms with Crippen molar-refractivity contribution in [3.63, 3.8) is 0 Å². The SMILES string of the molecule is CC1=C(C)C2C(C)C(C)C([Si](C)(C)[N-]C(C)(C)C)C2C(C)=C1C.CC[Si](CC)([N-]C(C)(C)C)C1C(C)C(C)C2C(C)=C(C)C(C)=C(C)C21.[CH3-].[CH3-].[Cl][Ti][Cl].[Cl][Ti][Cl]. The normalized spacial score (nSPS) is 30.4. The molecule has 0 radical (unpaired) electrons. The molecule has 0 bridgehead atoms. The maximum atomic E-state index is 5.64. The predicted molar refractivity (Wildman–Crippen MR) is 258 cm³/mol. The van der Waals surface area contributed by atoms with Crippen molar-refractivity contribution in [3.8, 4) is 0 Å². The van der Waals surface area contributed by atoms with Gasteiger partial charge in [-0.25, -0.2) is 0 Å². The van der Waals surface area contributed by atoms with Gasteiger partial charge in [-0.2, -0.15) is 0 Å². The molecule has 0 N–H and O–H groups in total. The average Bonchev–Trinajstić information content (AvgIpc) is 3.48. The zero-order valence-electron chi connectivity index (χ0n) is 40.6. The van der Waals surface area contributed by atoms with Crippen LogP contribution in [0.5, 0.6) is 0 Å². The third kappa shape index (κ3) is 13.5. The van der Waals surface area contributed by atoms with E-state index in [1.165, 1.54) is 12.1 Å². The molecule has 0 aromatic rings. The minimum absolute atomic E-state index is 0. The van der Waals surface area contributed by atoms with Crippen LogP contribution in [0.1, 0.15) is 138 Å². The molecular weight excluding hydrogens is 874 g/mol. The number of rotatable bonds is 6. The summed E-state index contributed by atoms with van der Waals surface area (Å²) >= 11 is -1.11. The molecular formula is C46H86Cl4N2Si2Ti2-4. The second-order valence-corrected chi connectivity index (χ2v) is 33.9. The first kappa shape index (κ1) is 60.0. The van der Waals surface area contributed by atoms with Gasteiger partial charge in [-0.05, 0) is 125 Å². The molecule has 56 heavy (non-hydrogen) atoms. The molecule has 2 fully saturated rings. The Bertz CT molecular complexity index is 1390. The summed E-state index contributed by atoms with van der Waals surface area (Å²) in [4.78, 5) is 11.0. The van der Waals surface area contributed by atoms with Gasteiger partial charge in [0.1, 0.15) is 0 Å². The Balaban J connectivity index is 0. The first-order chi connectivity index (χ1) is 24.5. The van der Waals surface area contributed by atoms with Crippen LogP contribution in [0.2, 0.25) is 36.3 Å². The van der Waals surface area contributed by atoms with Crippen molar-refractivity contribution in [2.24, 2.45) is 47.3 Å². The Hall–Kier alpha value is 1.90. The molecule has 0 aromatic heterocycles. The fourth-order valence-corrected chi connectivity index (χ4v) is 22.6. The summed E-state index contributed by atoms with van der Waals surface area (Å²) in [5.41, 5.74) is 14.6. The van der Waals surface area contributed by atoms with Crippen LogP contribution in [0.15, 0.2) is 44.6 Å². The van der Waals surface area contributed by atoms with Crippen molar-refractivity contribution in [2.75, 3.05) is 0 Å². The first-order valence-corrected chi connectivity index (χ1v) is 34.7. The van der Waals surface area contributed by atoms with Crippen molar-refractivity contribution in [1.82, 2.24) is 0 Å². The van der Waals surface area contributed by atoms with Crippen LogP contribution < -0.4 is 0 Å². The van der Waals surface area contributed by atoms with E-state index in [2.05, 4.69) is 152 Å². The molecule has 10 heteroatoms. The van der Waals surface area contributed by atoms with E-state index in [-0.39, 0.29) is 25.9 Å². The summed E-state index contributed by atoms with van der Waals surface area (Å²) in [7, 11) is 16.2. The summed E-state index contributed by atoms with van der Waals surface area (Å²) in [6.07, 6.45) is 0. The van der Waals surface area contributed by atoms with Crippen LogP contribution in [0.4, 0.5) is 0 Å². The van der Waals surface area contributed by atoms with Gasteiger partial charge in [-0.3, -0.25) is 0 Å². The third-order valence-electron chi connectivity index (χ3n) is 14.8. The molecule has 4 aliphatic carbocycles. The monoisotopic (exact) mass is 958 g/mol. The van der Waals surface area contributed by atoms with Gasteiger partial charge in [0.15, 0.2) is 0 Å². The molecule has 0 spiro atoms. The fourth-order valence-electron chi connectivity index (χ4n) is 12.1. The van der Waals surface area contributed by atoms with Gasteiger partial charge < -0.3 is 24.8 Å². The molecule has 0 amide bonds. The Labute approximate surface area is 386 Å². The van der Waals surface area contributed by atoms with Crippen LogP contribution in [-0.4, -0.2) is 27.5 Å². The van der Waals surface area contributed by atoms with Crippen LogP contribution in [0, 0.1) is 62.2 Å². The second-order valence-electron chi connectivity index (χ2n) is 20.0. The Morgan fingerprint density at radius 1 is 0.482 bits per heavy atom. The molecule has 0 heterocycles. The third-order valence-corrected chi connectivity index (χ3v) is 24.3. The van der Waals surface area contributed by atoms with Gasteiger partial charge in [-0.15, -0.1) is 11.1 Å². The van der Waals surface area contributed by atoms with Gasteiger partial charge in [0.05, 0.1) is 0 Å². The molecule has 10 atom stereocenters. The van der Waals surface area contributed by atoms with Crippen molar-refractivity contribution < 1.29 is 34.1 Å². The number of nitrogens with zero attached hydrogens (tertiary/aromatic N) is 2. The summed E-state index contributed by atoms with van der Waals surface area (Å²) in [6, 6.07) is 2.58. The molecule has 2 saturated carbocycles. The molecule has 0 aliphatic heterocycles. The minimum atomic E-state index is -1.71. The molecule has 2 nitrogen and oxygen atoms in total. The van der Waals surface area contributed by atoms with Gasteiger partial charge >= 0.3 is 71.3 Å². The number of halogens is 4. The first-order valence-electron chi connectivity index (χ1n) is 20.6. The molecule has 0 saturated heterocycles. The fraction of sp³-hybridized carbons (Fsp3) is 0.783. The van der Waals surface area contributed by atoms with Crippen molar-refractivity contribution in [3.05, 3.63) is 69.4 Å². The van der Waals surface area contributed by atoms with Crippen LogP contribution in [0.25, 0.3) is 9.96 Å². The van der Waals surface area contributed by atoms with Gasteiger partial charge in [0.2, 0.25) is 0 Å². The van der Waals surface area contributed by atoms with Crippen molar-refractivity contribution >= 4 is 53.7 Å².